The molecule has 0 bridgehead atoms. The van der Waals surface area contributed by atoms with Gasteiger partial charge in [-0.2, -0.15) is 10.5 Å². The van der Waals surface area contributed by atoms with Crippen molar-refractivity contribution in [3.8, 4) is 12.1 Å². The number of benzene rings is 1. The molecule has 0 saturated heterocycles. The molecule has 0 aliphatic rings. The van der Waals surface area contributed by atoms with Crippen LogP contribution in [0.5, 0.6) is 0 Å². The Morgan fingerprint density at radius 3 is 2.41 bits per heavy atom. The van der Waals surface area contributed by atoms with Gasteiger partial charge in [0.15, 0.2) is 5.57 Å². The summed E-state index contributed by atoms with van der Waals surface area (Å²) >= 11 is 0. The molecule has 0 spiro atoms. The lowest BCUT2D eigenvalue weighted by Crippen LogP contribution is -1.91. The first-order valence-electron chi connectivity index (χ1n) is 4.88. The Kier molecular flexibility index (Phi) is 4.87. The average molecular weight is 225 g/mol. The first-order valence-corrected chi connectivity index (χ1v) is 4.88. The second-order valence-corrected chi connectivity index (χ2v) is 3.01. The van der Waals surface area contributed by atoms with Gasteiger partial charge in [0.1, 0.15) is 17.9 Å². The van der Waals surface area contributed by atoms with Gasteiger partial charge in [-0.1, -0.05) is 18.2 Å². The highest BCUT2D eigenvalue weighted by Crippen LogP contribution is 2.08. The van der Waals surface area contributed by atoms with Crippen molar-refractivity contribution in [1.82, 2.24) is 0 Å². The Balaban J connectivity index is 2.75. The summed E-state index contributed by atoms with van der Waals surface area (Å²) in [5.41, 5.74) is 0.855. The third-order valence-electron chi connectivity index (χ3n) is 1.95. The van der Waals surface area contributed by atoms with E-state index in [0.29, 0.717) is 0 Å². The number of nitrogens with one attached hydrogen (secondary N) is 1. The first kappa shape index (κ1) is 12.4. The topological polar surface area (TPSA) is 68.8 Å². The zero-order valence-corrected chi connectivity index (χ0v) is 9.34. The van der Waals surface area contributed by atoms with Crippen LogP contribution in [0.4, 0.5) is 5.69 Å². The highest BCUT2D eigenvalue weighted by atomic mass is 16.5. The number of hydrogen-bond donors (Lipinski definition) is 1. The number of nitrogens with zero attached hydrogens (tertiary/aromatic N) is 2. The molecule has 4 nitrogen and oxygen atoms in total. The van der Waals surface area contributed by atoms with Crippen LogP contribution in [-0.2, 0) is 4.74 Å². The summed E-state index contributed by atoms with van der Waals surface area (Å²) in [5.74, 6) is 0.235. The van der Waals surface area contributed by atoms with Gasteiger partial charge >= 0.3 is 0 Å². The second-order valence-electron chi connectivity index (χ2n) is 3.01. The molecule has 0 amide bonds. The molecule has 1 aromatic rings. The van der Waals surface area contributed by atoms with Gasteiger partial charge in [0.25, 0.3) is 0 Å². The minimum Gasteiger partial charge on any atom is -0.495 e. The molecule has 0 unspecified atom stereocenters. The predicted molar refractivity (Wildman–Crippen MR) is 64.5 cm³/mol. The summed E-state index contributed by atoms with van der Waals surface area (Å²) < 4.78 is 4.94. The van der Waals surface area contributed by atoms with Crippen molar-refractivity contribution in [3.63, 3.8) is 0 Å². The molecule has 1 N–H and O–H groups in total. The van der Waals surface area contributed by atoms with Crippen molar-refractivity contribution in [2.24, 2.45) is 0 Å². The van der Waals surface area contributed by atoms with Crippen LogP contribution in [0.3, 0.4) is 0 Å². The molecule has 0 saturated carbocycles. The lowest BCUT2D eigenvalue weighted by atomic mass is 10.2. The van der Waals surface area contributed by atoms with Crippen LogP contribution in [0, 0.1) is 22.7 Å². The van der Waals surface area contributed by atoms with Crippen LogP contribution in [0.25, 0.3) is 0 Å². The second kappa shape index (κ2) is 6.71. The largest absolute Gasteiger partial charge is 0.495 e. The molecule has 0 atom stereocenters. The SMILES string of the molecule is COC(/C=C/Nc1ccccc1)=C(C#N)C#N. The van der Waals surface area contributed by atoms with Gasteiger partial charge in [-0.15, -0.1) is 0 Å². The zero-order chi connectivity index (χ0) is 12.5. The minimum absolute atomic E-state index is 0.0568. The standard InChI is InChI=1S/C13H11N3O/c1-17-13(11(9-14)10-15)7-8-16-12-5-3-2-4-6-12/h2-8,16H,1H3/b8-7+. The molecule has 0 fully saturated rings. The highest BCUT2D eigenvalue weighted by Gasteiger charge is 2.01. The quantitative estimate of drug-likeness (QED) is 0.485. The molecule has 4 heteroatoms. The van der Waals surface area contributed by atoms with Gasteiger partial charge in [-0.25, -0.2) is 0 Å². The van der Waals surface area contributed by atoms with E-state index in [-0.39, 0.29) is 11.3 Å². The first-order chi connectivity index (χ1) is 8.31. The number of rotatable bonds is 4. The smallest absolute Gasteiger partial charge is 0.171 e. The molecular weight excluding hydrogens is 214 g/mol. The normalized spacial score (nSPS) is 9.12. The molecule has 0 heterocycles. The summed E-state index contributed by atoms with van der Waals surface area (Å²) in [4.78, 5) is 0. The number of anilines is 1. The third kappa shape index (κ3) is 3.73. The molecule has 0 aromatic heterocycles. The van der Waals surface area contributed by atoms with Gasteiger partial charge in [0.05, 0.1) is 7.11 Å². The van der Waals surface area contributed by atoms with Crippen molar-refractivity contribution in [1.29, 1.82) is 10.5 Å². The predicted octanol–water partition coefficient (Wildman–Crippen LogP) is 2.56. The van der Waals surface area contributed by atoms with E-state index in [2.05, 4.69) is 5.32 Å². The number of para-hydroxylation sites is 1. The Morgan fingerprint density at radius 2 is 1.88 bits per heavy atom. The van der Waals surface area contributed by atoms with Crippen molar-refractivity contribution < 1.29 is 4.74 Å². The fourth-order valence-corrected chi connectivity index (χ4v) is 1.14. The van der Waals surface area contributed by atoms with Crippen LogP contribution >= 0.6 is 0 Å². The fraction of sp³-hybridized carbons (Fsp3) is 0.0769. The molecule has 0 aliphatic heterocycles. The maximum Gasteiger partial charge on any atom is 0.171 e. The summed E-state index contributed by atoms with van der Waals surface area (Å²) in [7, 11) is 1.41. The lowest BCUT2D eigenvalue weighted by Gasteiger charge is -2.01. The molecular formula is C13H11N3O. The van der Waals surface area contributed by atoms with Crippen molar-refractivity contribution in [2.45, 2.75) is 0 Å². The summed E-state index contributed by atoms with van der Waals surface area (Å²) in [6.45, 7) is 0. The molecule has 84 valence electrons. The van der Waals surface area contributed by atoms with Crippen LogP contribution in [0.1, 0.15) is 0 Å². The third-order valence-corrected chi connectivity index (χ3v) is 1.95. The van der Waals surface area contributed by atoms with Gasteiger partial charge in [-0.3, -0.25) is 0 Å². The zero-order valence-electron chi connectivity index (χ0n) is 9.34. The van der Waals surface area contributed by atoms with Crippen molar-refractivity contribution >= 4 is 5.69 Å². The van der Waals surface area contributed by atoms with E-state index in [1.165, 1.54) is 13.2 Å². The van der Waals surface area contributed by atoms with Gasteiger partial charge in [-0.05, 0) is 18.2 Å². The van der Waals surface area contributed by atoms with E-state index in [0.717, 1.165) is 5.69 Å². The lowest BCUT2D eigenvalue weighted by molar-refractivity contribution is 0.305. The molecule has 17 heavy (non-hydrogen) atoms. The Labute approximate surface area is 100 Å². The van der Waals surface area contributed by atoms with Crippen LogP contribution in [0.15, 0.2) is 53.9 Å². The maximum absolute atomic E-state index is 8.68. The average Bonchev–Trinajstić information content (AvgIpc) is 2.39. The number of methoxy groups -OCH3 is 1. The number of hydrogen-bond acceptors (Lipinski definition) is 4. The summed E-state index contributed by atoms with van der Waals surface area (Å²) in [5, 5.41) is 20.4. The number of allylic oxidation sites excluding steroid dienone is 2. The van der Waals surface area contributed by atoms with Gasteiger partial charge in [0, 0.05) is 11.9 Å². The van der Waals surface area contributed by atoms with Crippen LogP contribution in [0.2, 0.25) is 0 Å². The van der Waals surface area contributed by atoms with E-state index >= 15 is 0 Å². The molecule has 0 radical (unpaired) electrons. The summed E-state index contributed by atoms with van der Waals surface area (Å²) in [6.07, 6.45) is 3.15. The van der Waals surface area contributed by atoms with Crippen LogP contribution in [-0.4, -0.2) is 7.11 Å². The monoisotopic (exact) mass is 225 g/mol. The number of ether oxygens (including phenoxy) is 1. The Hall–Kier alpha value is -2.72. The Morgan fingerprint density at radius 1 is 1.24 bits per heavy atom. The summed E-state index contributed by atoms with van der Waals surface area (Å²) in [6, 6.07) is 13.0. The minimum atomic E-state index is -0.0568. The fourth-order valence-electron chi connectivity index (χ4n) is 1.14. The van der Waals surface area contributed by atoms with E-state index in [9.17, 15) is 0 Å². The molecule has 0 aliphatic carbocycles. The van der Waals surface area contributed by atoms with Crippen LogP contribution < -0.4 is 5.32 Å². The highest BCUT2D eigenvalue weighted by molar-refractivity contribution is 5.47. The molecule has 1 rings (SSSR count). The van der Waals surface area contributed by atoms with E-state index < -0.39 is 0 Å². The van der Waals surface area contributed by atoms with Gasteiger partial charge < -0.3 is 10.1 Å². The van der Waals surface area contributed by atoms with E-state index in [4.69, 9.17) is 15.3 Å². The van der Waals surface area contributed by atoms with E-state index in [1.54, 1.807) is 18.3 Å². The van der Waals surface area contributed by atoms with Gasteiger partial charge in [0.2, 0.25) is 0 Å². The number of nitriles is 2. The Bertz CT molecular complexity index is 488. The van der Waals surface area contributed by atoms with Crippen molar-refractivity contribution in [2.75, 3.05) is 12.4 Å². The molecule has 1 aromatic carbocycles. The van der Waals surface area contributed by atoms with Crippen molar-refractivity contribution in [3.05, 3.63) is 53.9 Å². The maximum atomic E-state index is 8.68. The van der Waals surface area contributed by atoms with E-state index in [1.807, 2.05) is 30.3 Å².